The zero-order valence-corrected chi connectivity index (χ0v) is 10.8. The maximum absolute atomic E-state index is 5.65. The van der Waals surface area contributed by atoms with Gasteiger partial charge in [-0.05, 0) is 12.3 Å². The Hall–Kier alpha value is -0.160. The molecule has 0 unspecified atom stereocenters. The van der Waals surface area contributed by atoms with E-state index in [1.807, 2.05) is 12.1 Å². The number of rotatable bonds is 8. The number of nitrogens with two attached hydrogens (primary N) is 1. The van der Waals surface area contributed by atoms with Crippen molar-refractivity contribution in [1.29, 1.82) is 0 Å². The molecule has 0 spiro atoms. The topological polar surface area (TPSA) is 50.5 Å². The van der Waals surface area contributed by atoms with Crippen LogP contribution in [0.4, 0.5) is 0 Å². The third kappa shape index (κ3) is 8.81. The van der Waals surface area contributed by atoms with Crippen LogP contribution in [0, 0.1) is 11.3 Å². The smallest absolute Gasteiger partial charge is 0.0748 e. The van der Waals surface area contributed by atoms with Gasteiger partial charge in [-0.15, -0.1) is 0 Å². The zero-order chi connectivity index (χ0) is 11.9. The maximum Gasteiger partial charge on any atom is 0.0748 e. The molecule has 0 amide bonds. The quantitative estimate of drug-likeness (QED) is 0.476. The van der Waals surface area contributed by atoms with Crippen molar-refractivity contribution < 1.29 is 4.84 Å². The highest BCUT2D eigenvalue weighted by atomic mass is 16.7. The summed E-state index contributed by atoms with van der Waals surface area (Å²) in [5.41, 5.74) is 2.75. The molecule has 0 saturated carbocycles. The Labute approximate surface area is 94.1 Å². The number of nitrogens with zero attached hydrogens (tertiary/aromatic N) is 1. The van der Waals surface area contributed by atoms with Gasteiger partial charge in [0.1, 0.15) is 0 Å². The van der Waals surface area contributed by atoms with Gasteiger partial charge >= 0.3 is 0 Å². The fourth-order valence-corrected chi connectivity index (χ4v) is 1.12. The minimum Gasteiger partial charge on any atom is -0.299 e. The molecule has 0 rings (SSSR count). The normalized spacial score (nSPS) is 12.8. The van der Waals surface area contributed by atoms with E-state index in [1.165, 1.54) is 0 Å². The summed E-state index contributed by atoms with van der Waals surface area (Å²) in [5, 5.41) is 1.91. The van der Waals surface area contributed by atoms with E-state index in [4.69, 9.17) is 10.7 Å². The van der Waals surface area contributed by atoms with Gasteiger partial charge in [0.25, 0.3) is 0 Å². The summed E-state index contributed by atoms with van der Waals surface area (Å²) < 4.78 is 0. The van der Waals surface area contributed by atoms with Crippen LogP contribution < -0.4 is 11.3 Å². The van der Waals surface area contributed by atoms with E-state index in [2.05, 4.69) is 33.1 Å². The largest absolute Gasteiger partial charge is 0.299 e. The first-order valence-electron chi connectivity index (χ1n) is 5.65. The first-order valence-corrected chi connectivity index (χ1v) is 5.65. The number of hydrogen-bond donors (Lipinski definition) is 2. The van der Waals surface area contributed by atoms with Gasteiger partial charge in [0.2, 0.25) is 0 Å². The highest BCUT2D eigenvalue weighted by Gasteiger charge is 2.18. The van der Waals surface area contributed by atoms with E-state index in [0.717, 1.165) is 25.4 Å². The van der Waals surface area contributed by atoms with E-state index < -0.39 is 0 Å². The van der Waals surface area contributed by atoms with E-state index in [-0.39, 0.29) is 5.41 Å². The van der Waals surface area contributed by atoms with Crippen molar-refractivity contribution in [2.75, 3.05) is 26.7 Å². The van der Waals surface area contributed by atoms with Crippen LogP contribution in [0.15, 0.2) is 0 Å². The Balaban J connectivity index is 3.65. The average Bonchev–Trinajstić information content (AvgIpc) is 2.11. The van der Waals surface area contributed by atoms with Crippen molar-refractivity contribution in [3.63, 3.8) is 0 Å². The SMILES string of the molecule is CC(C)CCN(C)OCC(C)(C)CNN. The molecule has 92 valence electrons. The number of hydrogen-bond acceptors (Lipinski definition) is 4. The molecule has 4 heteroatoms. The molecule has 0 atom stereocenters. The fraction of sp³-hybridized carbons (Fsp3) is 1.00. The van der Waals surface area contributed by atoms with Gasteiger partial charge in [0.05, 0.1) is 6.61 Å². The van der Waals surface area contributed by atoms with Gasteiger partial charge in [0, 0.05) is 25.6 Å². The number of nitrogens with one attached hydrogen (secondary N) is 1. The van der Waals surface area contributed by atoms with E-state index in [1.54, 1.807) is 0 Å². The molecule has 3 N–H and O–H groups in total. The van der Waals surface area contributed by atoms with Gasteiger partial charge in [0.15, 0.2) is 0 Å². The molecule has 0 aromatic carbocycles. The molecule has 0 aliphatic heterocycles. The lowest BCUT2D eigenvalue weighted by atomic mass is 9.95. The Morgan fingerprint density at radius 2 is 2.00 bits per heavy atom. The van der Waals surface area contributed by atoms with Gasteiger partial charge in [-0.25, -0.2) is 0 Å². The number of hydrazine groups is 1. The summed E-state index contributed by atoms with van der Waals surface area (Å²) in [4.78, 5) is 5.65. The lowest BCUT2D eigenvalue weighted by Gasteiger charge is -2.27. The van der Waals surface area contributed by atoms with Crippen LogP contribution >= 0.6 is 0 Å². The monoisotopic (exact) mass is 217 g/mol. The van der Waals surface area contributed by atoms with Crippen LogP contribution in [-0.2, 0) is 4.84 Å². The van der Waals surface area contributed by atoms with Gasteiger partial charge in [-0.2, -0.15) is 5.06 Å². The third-order valence-electron chi connectivity index (χ3n) is 2.28. The molecule has 4 nitrogen and oxygen atoms in total. The predicted molar refractivity (Wildman–Crippen MR) is 64.0 cm³/mol. The maximum atomic E-state index is 5.65. The molecule has 0 bridgehead atoms. The molecule has 0 aromatic rings. The zero-order valence-electron chi connectivity index (χ0n) is 10.8. The summed E-state index contributed by atoms with van der Waals surface area (Å²) in [6, 6.07) is 0. The molecule has 0 heterocycles. The average molecular weight is 217 g/mol. The Kier molecular flexibility index (Phi) is 7.09. The van der Waals surface area contributed by atoms with Gasteiger partial charge < -0.3 is 0 Å². The van der Waals surface area contributed by atoms with Crippen LogP contribution in [0.3, 0.4) is 0 Å². The van der Waals surface area contributed by atoms with Crippen LogP contribution in [-0.4, -0.2) is 31.8 Å². The minimum atomic E-state index is 0.0703. The highest BCUT2D eigenvalue weighted by Crippen LogP contribution is 2.14. The van der Waals surface area contributed by atoms with Crippen molar-refractivity contribution in [3.8, 4) is 0 Å². The summed E-state index contributed by atoms with van der Waals surface area (Å²) in [6.07, 6.45) is 1.16. The molecule has 0 saturated heterocycles. The summed E-state index contributed by atoms with van der Waals surface area (Å²) in [5.74, 6) is 6.02. The van der Waals surface area contributed by atoms with E-state index in [9.17, 15) is 0 Å². The highest BCUT2D eigenvalue weighted by molar-refractivity contribution is 4.68. The molecular weight excluding hydrogens is 190 g/mol. The third-order valence-corrected chi connectivity index (χ3v) is 2.28. The van der Waals surface area contributed by atoms with Gasteiger partial charge in [-0.1, -0.05) is 27.7 Å². The van der Waals surface area contributed by atoms with Crippen LogP contribution in [0.2, 0.25) is 0 Å². The van der Waals surface area contributed by atoms with Crippen molar-refractivity contribution in [2.24, 2.45) is 17.2 Å². The van der Waals surface area contributed by atoms with Crippen molar-refractivity contribution in [3.05, 3.63) is 0 Å². The Morgan fingerprint density at radius 3 is 2.47 bits per heavy atom. The second-order valence-electron chi connectivity index (χ2n) is 5.35. The lowest BCUT2D eigenvalue weighted by molar-refractivity contribution is -0.164. The van der Waals surface area contributed by atoms with Crippen LogP contribution in [0.1, 0.15) is 34.1 Å². The Bertz CT molecular complexity index is 160. The predicted octanol–water partition coefficient (Wildman–Crippen LogP) is 1.39. The second-order valence-corrected chi connectivity index (χ2v) is 5.35. The number of hydroxylamine groups is 2. The lowest BCUT2D eigenvalue weighted by Crippen LogP contribution is -2.38. The van der Waals surface area contributed by atoms with Crippen molar-refractivity contribution in [2.45, 2.75) is 34.1 Å². The van der Waals surface area contributed by atoms with Crippen molar-refractivity contribution >= 4 is 0 Å². The molecular formula is C11H27N3O. The van der Waals surface area contributed by atoms with Gasteiger partial charge in [-0.3, -0.25) is 16.1 Å². The van der Waals surface area contributed by atoms with E-state index >= 15 is 0 Å². The van der Waals surface area contributed by atoms with E-state index in [0.29, 0.717) is 6.61 Å². The molecule has 0 radical (unpaired) electrons. The molecule has 0 aromatic heterocycles. The first kappa shape index (κ1) is 14.8. The standard InChI is InChI=1S/C11H27N3O/c1-10(2)6-7-14(5)15-9-11(3,4)8-13-12/h10,13H,6-9,12H2,1-5H3. The summed E-state index contributed by atoms with van der Waals surface area (Å²) >= 11 is 0. The molecule has 0 aliphatic rings. The van der Waals surface area contributed by atoms with Crippen molar-refractivity contribution in [1.82, 2.24) is 10.5 Å². The molecule has 0 fully saturated rings. The van der Waals surface area contributed by atoms with Crippen LogP contribution in [0.25, 0.3) is 0 Å². The molecule has 0 aliphatic carbocycles. The molecule has 15 heavy (non-hydrogen) atoms. The second kappa shape index (κ2) is 7.17. The fourth-order valence-electron chi connectivity index (χ4n) is 1.12. The van der Waals surface area contributed by atoms with Crippen LogP contribution in [0.5, 0.6) is 0 Å². The minimum absolute atomic E-state index is 0.0703. The summed E-state index contributed by atoms with van der Waals surface area (Å²) in [6.45, 7) is 11.1. The Morgan fingerprint density at radius 1 is 1.40 bits per heavy atom. The summed E-state index contributed by atoms with van der Waals surface area (Å²) in [7, 11) is 1.98. The first-order chi connectivity index (χ1) is 6.87.